The van der Waals surface area contributed by atoms with E-state index in [9.17, 15) is 5.26 Å². The molecule has 0 aromatic carbocycles. The lowest BCUT2D eigenvalue weighted by atomic mass is 10.1. The van der Waals surface area contributed by atoms with Crippen LogP contribution in [0.25, 0.3) is 0 Å². The number of anilines is 1. The Kier molecular flexibility index (Phi) is 3.00. The zero-order chi connectivity index (χ0) is 13.4. The smallest absolute Gasteiger partial charge is 0.147 e. The number of aromatic nitrogens is 1. The van der Waals surface area contributed by atoms with Gasteiger partial charge < -0.3 is 4.90 Å². The lowest BCUT2D eigenvalue weighted by Crippen LogP contribution is -2.31. The number of pyridine rings is 1. The maximum absolute atomic E-state index is 9.36. The van der Waals surface area contributed by atoms with Crippen molar-refractivity contribution in [1.82, 2.24) is 4.98 Å². The lowest BCUT2D eigenvalue weighted by molar-refractivity contribution is 0.728. The van der Waals surface area contributed by atoms with E-state index < -0.39 is 0 Å². The van der Waals surface area contributed by atoms with Gasteiger partial charge in [-0.2, -0.15) is 5.26 Å². The Morgan fingerprint density at radius 3 is 3.05 bits per heavy atom. The molecule has 0 amide bonds. The van der Waals surface area contributed by atoms with Gasteiger partial charge in [0.15, 0.2) is 0 Å². The maximum Gasteiger partial charge on any atom is 0.147 e. The van der Waals surface area contributed by atoms with Crippen LogP contribution in [0, 0.1) is 25.2 Å². The average molecular weight is 269 g/mol. The third-order valence-corrected chi connectivity index (χ3v) is 4.57. The molecule has 0 unspecified atom stereocenters. The maximum atomic E-state index is 9.36. The molecule has 4 heteroatoms. The number of nitriles is 1. The minimum Gasteiger partial charge on any atom is -0.351 e. The van der Waals surface area contributed by atoms with Crippen LogP contribution >= 0.6 is 11.3 Å². The van der Waals surface area contributed by atoms with Crippen molar-refractivity contribution in [3.05, 3.63) is 44.8 Å². The van der Waals surface area contributed by atoms with Crippen molar-refractivity contribution in [3.8, 4) is 6.07 Å². The molecule has 0 aliphatic carbocycles. The van der Waals surface area contributed by atoms with E-state index in [-0.39, 0.29) is 0 Å². The van der Waals surface area contributed by atoms with Crippen molar-refractivity contribution in [2.45, 2.75) is 26.8 Å². The molecule has 3 rings (SSSR count). The molecule has 0 fully saturated rings. The van der Waals surface area contributed by atoms with Gasteiger partial charge in [-0.1, -0.05) is 0 Å². The number of thiophene rings is 1. The molecule has 3 heterocycles. The van der Waals surface area contributed by atoms with E-state index in [1.165, 1.54) is 10.4 Å². The first-order chi connectivity index (χ1) is 9.19. The summed E-state index contributed by atoms with van der Waals surface area (Å²) < 4.78 is 0. The summed E-state index contributed by atoms with van der Waals surface area (Å²) >= 11 is 1.83. The molecular weight excluding hydrogens is 254 g/mol. The minimum absolute atomic E-state index is 0.712. The van der Waals surface area contributed by atoms with Crippen molar-refractivity contribution in [2.75, 3.05) is 11.4 Å². The molecule has 2 aromatic rings. The normalized spacial score (nSPS) is 14.1. The van der Waals surface area contributed by atoms with Gasteiger partial charge >= 0.3 is 0 Å². The van der Waals surface area contributed by atoms with E-state index in [0.717, 1.165) is 36.6 Å². The van der Waals surface area contributed by atoms with E-state index in [0.29, 0.717) is 5.56 Å². The first-order valence-electron chi connectivity index (χ1n) is 6.37. The molecule has 0 spiro atoms. The van der Waals surface area contributed by atoms with Crippen LogP contribution in [0.5, 0.6) is 0 Å². The topological polar surface area (TPSA) is 39.9 Å². The first-order valence-corrected chi connectivity index (χ1v) is 7.25. The Hall–Kier alpha value is -1.86. The highest BCUT2D eigenvalue weighted by molar-refractivity contribution is 7.10. The van der Waals surface area contributed by atoms with Gasteiger partial charge in [0.05, 0.1) is 5.56 Å². The fourth-order valence-corrected chi connectivity index (χ4v) is 3.50. The fourth-order valence-electron chi connectivity index (χ4n) is 2.61. The number of rotatable bonds is 1. The van der Waals surface area contributed by atoms with Gasteiger partial charge in [-0.05, 0) is 48.9 Å². The summed E-state index contributed by atoms with van der Waals surface area (Å²) in [4.78, 5) is 8.29. The molecule has 3 nitrogen and oxygen atoms in total. The number of hydrogen-bond donors (Lipinski definition) is 0. The summed E-state index contributed by atoms with van der Waals surface area (Å²) in [6, 6.07) is 6.46. The Bertz CT molecular complexity index is 667. The largest absolute Gasteiger partial charge is 0.351 e. The Balaban J connectivity index is 2.02. The SMILES string of the molecule is Cc1cc(C)c(C#N)c(N2CCc3sccc3C2)n1. The third-order valence-electron chi connectivity index (χ3n) is 3.54. The average Bonchev–Trinajstić information content (AvgIpc) is 2.85. The van der Waals surface area contributed by atoms with Crippen LogP contribution in [-0.4, -0.2) is 11.5 Å². The summed E-state index contributed by atoms with van der Waals surface area (Å²) in [5.41, 5.74) is 4.08. The molecule has 19 heavy (non-hydrogen) atoms. The molecule has 0 radical (unpaired) electrons. The fraction of sp³-hybridized carbons (Fsp3) is 0.333. The van der Waals surface area contributed by atoms with Gasteiger partial charge in [-0.3, -0.25) is 0 Å². The lowest BCUT2D eigenvalue weighted by Gasteiger charge is -2.29. The Labute approximate surface area is 117 Å². The Morgan fingerprint density at radius 1 is 1.42 bits per heavy atom. The molecule has 96 valence electrons. The van der Waals surface area contributed by atoms with Crippen LogP contribution in [0.2, 0.25) is 0 Å². The van der Waals surface area contributed by atoms with Gasteiger partial charge in [0.2, 0.25) is 0 Å². The van der Waals surface area contributed by atoms with Crippen LogP contribution < -0.4 is 4.90 Å². The summed E-state index contributed by atoms with van der Waals surface area (Å²) in [6.45, 7) is 5.77. The van der Waals surface area contributed by atoms with E-state index in [1.54, 1.807) is 0 Å². The van der Waals surface area contributed by atoms with E-state index in [1.807, 2.05) is 31.3 Å². The molecule has 0 atom stereocenters. The monoisotopic (exact) mass is 269 g/mol. The van der Waals surface area contributed by atoms with Gasteiger partial charge in [0.25, 0.3) is 0 Å². The van der Waals surface area contributed by atoms with Gasteiger partial charge in [0.1, 0.15) is 11.9 Å². The van der Waals surface area contributed by atoms with Crippen molar-refractivity contribution in [2.24, 2.45) is 0 Å². The van der Waals surface area contributed by atoms with Gasteiger partial charge in [-0.25, -0.2) is 4.98 Å². The number of hydrogen-bond acceptors (Lipinski definition) is 4. The molecule has 1 aliphatic heterocycles. The molecule has 0 saturated heterocycles. The van der Waals surface area contributed by atoms with Crippen molar-refractivity contribution in [1.29, 1.82) is 5.26 Å². The van der Waals surface area contributed by atoms with Crippen LogP contribution in [0.15, 0.2) is 17.5 Å². The zero-order valence-corrected chi connectivity index (χ0v) is 11.9. The van der Waals surface area contributed by atoms with Crippen LogP contribution in [0.1, 0.15) is 27.3 Å². The van der Waals surface area contributed by atoms with Gasteiger partial charge in [-0.15, -0.1) is 11.3 Å². The van der Waals surface area contributed by atoms with Crippen molar-refractivity contribution < 1.29 is 0 Å². The zero-order valence-electron chi connectivity index (χ0n) is 11.1. The molecule has 0 N–H and O–H groups in total. The van der Waals surface area contributed by atoms with Gasteiger partial charge in [0, 0.05) is 23.7 Å². The predicted octanol–water partition coefficient (Wildman–Crippen LogP) is 3.19. The second-order valence-corrected chi connectivity index (χ2v) is 5.93. The van der Waals surface area contributed by atoms with Crippen LogP contribution in [0.4, 0.5) is 5.82 Å². The number of fused-ring (bicyclic) bond motifs is 1. The second-order valence-electron chi connectivity index (χ2n) is 4.93. The predicted molar refractivity (Wildman–Crippen MR) is 77.5 cm³/mol. The second kappa shape index (κ2) is 4.67. The molecule has 2 aromatic heterocycles. The van der Waals surface area contributed by atoms with Crippen LogP contribution in [-0.2, 0) is 13.0 Å². The summed E-state index contributed by atoms with van der Waals surface area (Å²) in [5.74, 6) is 0.844. The summed E-state index contributed by atoms with van der Waals surface area (Å²) in [6.07, 6.45) is 1.05. The quantitative estimate of drug-likeness (QED) is 0.798. The first kappa shape index (κ1) is 12.2. The summed E-state index contributed by atoms with van der Waals surface area (Å²) in [7, 11) is 0. The highest BCUT2D eigenvalue weighted by Crippen LogP contribution is 2.29. The minimum atomic E-state index is 0.712. The summed E-state index contributed by atoms with van der Waals surface area (Å²) in [5, 5.41) is 11.5. The highest BCUT2D eigenvalue weighted by atomic mass is 32.1. The Morgan fingerprint density at radius 2 is 2.26 bits per heavy atom. The number of aryl methyl sites for hydroxylation is 2. The third kappa shape index (κ3) is 2.11. The molecule has 1 aliphatic rings. The van der Waals surface area contributed by atoms with Crippen molar-refractivity contribution in [3.63, 3.8) is 0 Å². The van der Waals surface area contributed by atoms with Crippen LogP contribution in [0.3, 0.4) is 0 Å². The van der Waals surface area contributed by atoms with E-state index >= 15 is 0 Å². The number of nitrogens with zero attached hydrogens (tertiary/aromatic N) is 3. The standard InChI is InChI=1S/C15H15N3S/c1-10-7-11(2)17-15(13(10)8-16)18-5-3-14-12(9-18)4-6-19-14/h4,6-7H,3,5,9H2,1-2H3. The van der Waals surface area contributed by atoms with Crippen molar-refractivity contribution >= 4 is 17.2 Å². The van der Waals surface area contributed by atoms with E-state index in [4.69, 9.17) is 0 Å². The molecule has 0 bridgehead atoms. The molecule has 0 saturated carbocycles. The molecular formula is C15H15N3S. The van der Waals surface area contributed by atoms with E-state index in [2.05, 4.69) is 27.4 Å². The highest BCUT2D eigenvalue weighted by Gasteiger charge is 2.21.